The maximum Gasteiger partial charge on any atom is 0.363 e. The molecule has 0 amide bonds. The maximum atomic E-state index is 12.5. The number of methoxy groups -OCH3 is 1. The lowest BCUT2D eigenvalue weighted by atomic mass is 10.2. The van der Waals surface area contributed by atoms with Gasteiger partial charge in [-0.1, -0.05) is 23.7 Å². The molecule has 0 aromatic heterocycles. The minimum Gasteiger partial charge on any atom is -0.497 e. The van der Waals surface area contributed by atoms with Crippen LogP contribution >= 0.6 is 11.6 Å². The summed E-state index contributed by atoms with van der Waals surface area (Å²) in [6, 6.07) is 18.8. The molecule has 0 aliphatic carbocycles. The molecule has 0 saturated carbocycles. The van der Waals surface area contributed by atoms with Crippen molar-refractivity contribution < 1.29 is 26.9 Å². The van der Waals surface area contributed by atoms with E-state index in [9.17, 15) is 13.2 Å². The van der Waals surface area contributed by atoms with E-state index in [4.69, 9.17) is 25.3 Å². The van der Waals surface area contributed by atoms with Crippen LogP contribution in [0.4, 0.5) is 0 Å². The van der Waals surface area contributed by atoms with Gasteiger partial charge in [0.05, 0.1) is 7.11 Å². The molecule has 0 atom stereocenters. The second-order valence-corrected chi connectivity index (χ2v) is 8.61. The van der Waals surface area contributed by atoms with Gasteiger partial charge in [-0.3, -0.25) is 0 Å². The second kappa shape index (κ2) is 8.86. The summed E-state index contributed by atoms with van der Waals surface area (Å²) in [6.45, 7) is 0. The Kier molecular flexibility index (Phi) is 5.98. The molecule has 7 nitrogen and oxygen atoms in total. The minimum atomic E-state index is -4.05. The fourth-order valence-electron chi connectivity index (χ4n) is 2.86. The maximum absolute atomic E-state index is 12.5. The molecule has 0 bridgehead atoms. The average Bonchev–Trinajstić information content (AvgIpc) is 3.14. The molecule has 1 aliphatic heterocycles. The van der Waals surface area contributed by atoms with Crippen LogP contribution in [0.15, 0.2) is 88.4 Å². The van der Waals surface area contributed by atoms with Crippen LogP contribution in [0.2, 0.25) is 5.02 Å². The number of carbonyl (C=O) groups is 1. The Balaban J connectivity index is 1.56. The molecule has 0 radical (unpaired) electrons. The van der Waals surface area contributed by atoms with Crippen LogP contribution in [0, 0.1) is 0 Å². The predicted molar refractivity (Wildman–Crippen MR) is 119 cm³/mol. The van der Waals surface area contributed by atoms with E-state index >= 15 is 0 Å². The number of hydrogen-bond donors (Lipinski definition) is 0. The third kappa shape index (κ3) is 4.82. The van der Waals surface area contributed by atoms with Gasteiger partial charge in [0, 0.05) is 10.6 Å². The first-order chi connectivity index (χ1) is 15.3. The van der Waals surface area contributed by atoms with Gasteiger partial charge in [0.2, 0.25) is 5.90 Å². The molecule has 4 rings (SSSR count). The molecule has 0 N–H and O–H groups in total. The highest BCUT2D eigenvalue weighted by Gasteiger charge is 2.24. The lowest BCUT2D eigenvalue weighted by Gasteiger charge is -2.08. The Bertz CT molecular complexity index is 1330. The van der Waals surface area contributed by atoms with E-state index in [0.29, 0.717) is 21.9 Å². The van der Waals surface area contributed by atoms with Crippen molar-refractivity contribution in [2.45, 2.75) is 4.90 Å². The molecule has 3 aromatic carbocycles. The van der Waals surface area contributed by atoms with Crippen molar-refractivity contribution in [1.82, 2.24) is 0 Å². The third-order valence-corrected chi connectivity index (χ3v) is 5.94. The number of benzene rings is 3. The minimum absolute atomic E-state index is 0.0152. The zero-order valence-corrected chi connectivity index (χ0v) is 18.3. The summed E-state index contributed by atoms with van der Waals surface area (Å²) >= 11 is 5.88. The van der Waals surface area contributed by atoms with E-state index in [1.807, 2.05) is 0 Å². The Hall–Kier alpha value is -3.62. The Morgan fingerprint density at radius 1 is 0.969 bits per heavy atom. The highest BCUT2D eigenvalue weighted by atomic mass is 35.5. The van der Waals surface area contributed by atoms with Crippen LogP contribution in [-0.4, -0.2) is 27.4 Å². The van der Waals surface area contributed by atoms with Crippen LogP contribution in [0.1, 0.15) is 11.1 Å². The molecule has 3 aromatic rings. The molecular weight excluding hydrogens is 454 g/mol. The van der Waals surface area contributed by atoms with Gasteiger partial charge in [0.15, 0.2) is 5.70 Å². The number of nitrogens with zero attached hydrogens (tertiary/aromatic N) is 1. The number of ether oxygens (including phenoxy) is 2. The van der Waals surface area contributed by atoms with Crippen molar-refractivity contribution in [3.8, 4) is 11.5 Å². The molecule has 0 spiro atoms. The molecular formula is C23H16ClNO6S. The van der Waals surface area contributed by atoms with Gasteiger partial charge in [-0.05, 0) is 72.3 Å². The molecule has 1 heterocycles. The second-order valence-electron chi connectivity index (χ2n) is 6.63. The van der Waals surface area contributed by atoms with E-state index in [1.54, 1.807) is 36.4 Å². The van der Waals surface area contributed by atoms with Crippen molar-refractivity contribution in [3.05, 3.63) is 94.6 Å². The van der Waals surface area contributed by atoms with Crippen LogP contribution < -0.4 is 8.92 Å². The van der Waals surface area contributed by atoms with E-state index in [2.05, 4.69) is 4.99 Å². The summed E-state index contributed by atoms with van der Waals surface area (Å²) in [7, 11) is -2.56. The summed E-state index contributed by atoms with van der Waals surface area (Å²) in [4.78, 5) is 16.4. The summed E-state index contributed by atoms with van der Waals surface area (Å²) in [5.74, 6) is 0.155. The van der Waals surface area contributed by atoms with Gasteiger partial charge in [0.1, 0.15) is 16.4 Å². The fraction of sp³-hybridized carbons (Fsp3) is 0.0435. The summed E-state index contributed by atoms with van der Waals surface area (Å²) < 4.78 is 40.6. The number of carbonyl (C=O) groups excluding carboxylic acids is 1. The molecule has 162 valence electrons. The summed E-state index contributed by atoms with van der Waals surface area (Å²) in [5.41, 5.74) is 1.19. The number of esters is 1. The first kappa shape index (κ1) is 21.6. The van der Waals surface area contributed by atoms with Crippen molar-refractivity contribution in [1.29, 1.82) is 0 Å². The van der Waals surface area contributed by atoms with Gasteiger partial charge in [-0.2, -0.15) is 8.42 Å². The van der Waals surface area contributed by atoms with Crippen molar-refractivity contribution >= 4 is 39.7 Å². The summed E-state index contributed by atoms with van der Waals surface area (Å²) in [6.07, 6.45) is 1.48. The number of rotatable bonds is 6. The average molecular weight is 470 g/mol. The van der Waals surface area contributed by atoms with Crippen LogP contribution in [-0.2, 0) is 19.6 Å². The van der Waals surface area contributed by atoms with Crippen LogP contribution in [0.25, 0.3) is 6.08 Å². The van der Waals surface area contributed by atoms with Crippen molar-refractivity contribution in [2.24, 2.45) is 4.99 Å². The molecule has 1 aliphatic rings. The van der Waals surface area contributed by atoms with E-state index in [0.717, 1.165) is 0 Å². The Morgan fingerprint density at radius 2 is 1.69 bits per heavy atom. The number of hydrogen-bond acceptors (Lipinski definition) is 7. The van der Waals surface area contributed by atoms with Gasteiger partial charge in [0.25, 0.3) is 0 Å². The van der Waals surface area contributed by atoms with Gasteiger partial charge >= 0.3 is 16.1 Å². The topological polar surface area (TPSA) is 91.3 Å². The predicted octanol–water partition coefficient (Wildman–Crippen LogP) is 4.46. The highest BCUT2D eigenvalue weighted by Crippen LogP contribution is 2.24. The van der Waals surface area contributed by atoms with E-state index in [1.165, 1.54) is 49.6 Å². The normalized spacial score (nSPS) is 14.8. The van der Waals surface area contributed by atoms with Gasteiger partial charge < -0.3 is 13.7 Å². The van der Waals surface area contributed by atoms with Gasteiger partial charge in [-0.25, -0.2) is 9.79 Å². The number of cyclic esters (lactones) is 1. The first-order valence-electron chi connectivity index (χ1n) is 9.31. The number of halogens is 1. The van der Waals surface area contributed by atoms with Gasteiger partial charge in [-0.15, -0.1) is 0 Å². The fourth-order valence-corrected chi connectivity index (χ4v) is 3.90. The smallest absolute Gasteiger partial charge is 0.363 e. The Morgan fingerprint density at radius 3 is 2.38 bits per heavy atom. The lowest BCUT2D eigenvalue weighted by Crippen LogP contribution is -2.09. The molecule has 0 saturated heterocycles. The number of aliphatic imine (C=N–C) groups is 1. The summed E-state index contributed by atoms with van der Waals surface area (Å²) in [5, 5.41) is 0.552. The zero-order chi connectivity index (χ0) is 22.7. The SMILES string of the molecule is COc1ccc(S(=O)(=O)Oc2cccc(/C=C3\N=C(c4ccc(Cl)cc4)OC3=O)c2)cc1. The third-order valence-electron chi connectivity index (χ3n) is 4.43. The Labute approximate surface area is 189 Å². The van der Waals surface area contributed by atoms with Crippen LogP contribution in [0.5, 0.6) is 11.5 Å². The van der Waals surface area contributed by atoms with Crippen LogP contribution in [0.3, 0.4) is 0 Å². The molecule has 32 heavy (non-hydrogen) atoms. The monoisotopic (exact) mass is 469 g/mol. The molecule has 0 unspecified atom stereocenters. The van der Waals surface area contributed by atoms with E-state index in [-0.39, 0.29) is 22.2 Å². The molecule has 9 heteroatoms. The van der Waals surface area contributed by atoms with Crippen molar-refractivity contribution in [2.75, 3.05) is 7.11 Å². The quantitative estimate of drug-likeness (QED) is 0.301. The highest BCUT2D eigenvalue weighted by molar-refractivity contribution is 7.87. The zero-order valence-electron chi connectivity index (χ0n) is 16.7. The standard InChI is InChI=1S/C23H16ClNO6S/c1-29-18-9-11-20(12-10-18)32(27,28)31-19-4-2-3-15(13-19)14-21-23(26)30-22(25-21)16-5-7-17(24)8-6-16/h2-14H,1H3/b21-14-. The largest absolute Gasteiger partial charge is 0.497 e. The first-order valence-corrected chi connectivity index (χ1v) is 11.1. The van der Waals surface area contributed by atoms with E-state index < -0.39 is 16.1 Å². The lowest BCUT2D eigenvalue weighted by molar-refractivity contribution is -0.129. The van der Waals surface area contributed by atoms with Crippen molar-refractivity contribution in [3.63, 3.8) is 0 Å². The molecule has 0 fully saturated rings.